The number of nitrogens with one attached hydrogen (secondary N) is 1. The van der Waals surface area contributed by atoms with E-state index in [-0.39, 0.29) is 5.91 Å². The second kappa shape index (κ2) is 5.82. The van der Waals surface area contributed by atoms with Crippen molar-refractivity contribution in [3.63, 3.8) is 0 Å². The van der Waals surface area contributed by atoms with Crippen molar-refractivity contribution in [2.45, 2.75) is 0 Å². The third-order valence-corrected chi connectivity index (χ3v) is 3.70. The summed E-state index contributed by atoms with van der Waals surface area (Å²) in [7, 11) is 0. The topological polar surface area (TPSA) is 55.1 Å². The lowest BCUT2D eigenvalue weighted by Gasteiger charge is -2.11. The van der Waals surface area contributed by atoms with Crippen LogP contribution in [0.3, 0.4) is 0 Å². The van der Waals surface area contributed by atoms with E-state index < -0.39 is 0 Å². The van der Waals surface area contributed by atoms with Gasteiger partial charge in [0.05, 0.1) is 22.0 Å². The average Bonchev–Trinajstić information content (AvgIpc) is 2.37. The molecule has 0 aliphatic rings. The summed E-state index contributed by atoms with van der Waals surface area (Å²) in [5.74, 6) is -0.339. The lowest BCUT2D eigenvalue weighted by atomic mass is 10.2. The van der Waals surface area contributed by atoms with Gasteiger partial charge >= 0.3 is 0 Å². The third-order valence-electron chi connectivity index (χ3n) is 2.46. The zero-order chi connectivity index (χ0) is 14.0. The van der Waals surface area contributed by atoms with E-state index in [1.807, 2.05) is 0 Å². The summed E-state index contributed by atoms with van der Waals surface area (Å²) in [4.78, 5) is 12.2. The molecule has 98 valence electrons. The van der Waals surface area contributed by atoms with Gasteiger partial charge in [-0.05, 0) is 46.3 Å². The van der Waals surface area contributed by atoms with Crippen molar-refractivity contribution in [1.82, 2.24) is 0 Å². The molecule has 0 spiro atoms. The fraction of sp³-hybridized carbons (Fsp3) is 0. The van der Waals surface area contributed by atoms with Gasteiger partial charge in [0, 0.05) is 9.50 Å². The Hall–Kier alpha value is -1.23. The highest BCUT2D eigenvalue weighted by atomic mass is 79.9. The molecular formula is C13H9BrCl2N2O. The molecule has 0 atom stereocenters. The molecule has 2 aromatic rings. The van der Waals surface area contributed by atoms with E-state index in [2.05, 4.69) is 21.2 Å². The zero-order valence-corrected chi connectivity index (χ0v) is 12.7. The Morgan fingerprint density at radius 1 is 1.21 bits per heavy atom. The van der Waals surface area contributed by atoms with E-state index in [9.17, 15) is 4.79 Å². The Bertz CT molecular complexity index is 626. The standard InChI is InChI=1S/C13H9BrCl2N2O/c14-9-5-4-7(15)6-8(9)13(19)18-12-10(16)2-1-3-11(12)17/h1-6H,17H2,(H,18,19). The number of anilines is 2. The third kappa shape index (κ3) is 3.21. The lowest BCUT2D eigenvalue weighted by Crippen LogP contribution is -2.14. The monoisotopic (exact) mass is 358 g/mol. The number of halogens is 3. The Morgan fingerprint density at radius 3 is 2.63 bits per heavy atom. The van der Waals surface area contributed by atoms with Crippen molar-refractivity contribution in [2.24, 2.45) is 0 Å². The number of para-hydroxylation sites is 1. The van der Waals surface area contributed by atoms with E-state index in [0.717, 1.165) is 0 Å². The molecule has 0 saturated carbocycles. The average molecular weight is 360 g/mol. The molecule has 0 saturated heterocycles. The second-order valence-electron chi connectivity index (χ2n) is 3.78. The Morgan fingerprint density at radius 2 is 1.95 bits per heavy atom. The number of benzene rings is 2. The molecule has 0 bridgehead atoms. The van der Waals surface area contributed by atoms with Crippen LogP contribution in [0.2, 0.25) is 10.0 Å². The van der Waals surface area contributed by atoms with Crippen molar-refractivity contribution >= 4 is 56.4 Å². The van der Waals surface area contributed by atoms with Crippen LogP contribution in [-0.4, -0.2) is 5.91 Å². The summed E-state index contributed by atoms with van der Waals surface area (Å²) in [6.07, 6.45) is 0. The van der Waals surface area contributed by atoms with Gasteiger partial charge in [-0.3, -0.25) is 4.79 Å². The predicted molar refractivity (Wildman–Crippen MR) is 83.0 cm³/mol. The predicted octanol–water partition coefficient (Wildman–Crippen LogP) is 4.59. The van der Waals surface area contributed by atoms with Gasteiger partial charge in [0.2, 0.25) is 0 Å². The summed E-state index contributed by atoms with van der Waals surface area (Å²) in [5.41, 5.74) is 6.98. The summed E-state index contributed by atoms with van der Waals surface area (Å²) in [6, 6.07) is 9.98. The molecule has 0 fully saturated rings. The van der Waals surface area contributed by atoms with E-state index in [1.54, 1.807) is 36.4 Å². The first-order chi connectivity index (χ1) is 8.99. The number of nitrogen functional groups attached to an aromatic ring is 1. The van der Waals surface area contributed by atoms with Gasteiger partial charge in [0.25, 0.3) is 5.91 Å². The fourth-order valence-electron chi connectivity index (χ4n) is 1.53. The van der Waals surface area contributed by atoms with Gasteiger partial charge < -0.3 is 11.1 Å². The molecule has 0 unspecified atom stereocenters. The van der Waals surface area contributed by atoms with Gasteiger partial charge in [-0.25, -0.2) is 0 Å². The quantitative estimate of drug-likeness (QED) is 0.770. The van der Waals surface area contributed by atoms with Crippen LogP contribution in [0.4, 0.5) is 11.4 Å². The molecule has 2 aromatic carbocycles. The van der Waals surface area contributed by atoms with E-state index in [4.69, 9.17) is 28.9 Å². The van der Waals surface area contributed by atoms with Crippen LogP contribution in [0.5, 0.6) is 0 Å². The number of carbonyl (C=O) groups excluding carboxylic acids is 1. The van der Waals surface area contributed by atoms with Crippen molar-refractivity contribution in [1.29, 1.82) is 0 Å². The van der Waals surface area contributed by atoms with E-state index in [0.29, 0.717) is 31.5 Å². The van der Waals surface area contributed by atoms with Gasteiger partial charge in [-0.2, -0.15) is 0 Å². The minimum Gasteiger partial charge on any atom is -0.397 e. The molecule has 2 rings (SSSR count). The van der Waals surface area contributed by atoms with Crippen LogP contribution >= 0.6 is 39.1 Å². The molecule has 0 aliphatic carbocycles. The number of amides is 1. The van der Waals surface area contributed by atoms with Crippen molar-refractivity contribution in [2.75, 3.05) is 11.1 Å². The largest absolute Gasteiger partial charge is 0.397 e. The Labute approximate surface area is 128 Å². The van der Waals surface area contributed by atoms with Crippen LogP contribution in [-0.2, 0) is 0 Å². The molecule has 0 aromatic heterocycles. The Balaban J connectivity index is 2.34. The van der Waals surface area contributed by atoms with Crippen LogP contribution < -0.4 is 11.1 Å². The van der Waals surface area contributed by atoms with Crippen molar-refractivity contribution in [3.05, 3.63) is 56.5 Å². The first-order valence-electron chi connectivity index (χ1n) is 5.29. The molecule has 0 radical (unpaired) electrons. The van der Waals surface area contributed by atoms with Crippen LogP contribution in [0.25, 0.3) is 0 Å². The Kier molecular flexibility index (Phi) is 4.34. The van der Waals surface area contributed by atoms with Gasteiger partial charge in [-0.15, -0.1) is 0 Å². The van der Waals surface area contributed by atoms with Crippen LogP contribution in [0, 0.1) is 0 Å². The molecule has 0 heterocycles. The minimum atomic E-state index is -0.339. The normalized spacial score (nSPS) is 10.3. The lowest BCUT2D eigenvalue weighted by molar-refractivity contribution is 0.102. The van der Waals surface area contributed by atoms with Gasteiger partial charge in [0.1, 0.15) is 0 Å². The molecule has 3 N–H and O–H groups in total. The maximum atomic E-state index is 12.2. The maximum absolute atomic E-state index is 12.2. The highest BCUT2D eigenvalue weighted by Crippen LogP contribution is 2.29. The number of rotatable bonds is 2. The zero-order valence-electron chi connectivity index (χ0n) is 9.58. The maximum Gasteiger partial charge on any atom is 0.256 e. The first kappa shape index (κ1) is 14.2. The van der Waals surface area contributed by atoms with E-state index >= 15 is 0 Å². The first-order valence-corrected chi connectivity index (χ1v) is 6.84. The smallest absolute Gasteiger partial charge is 0.256 e. The van der Waals surface area contributed by atoms with Gasteiger partial charge in [0.15, 0.2) is 0 Å². The van der Waals surface area contributed by atoms with Crippen molar-refractivity contribution in [3.8, 4) is 0 Å². The molecule has 3 nitrogen and oxygen atoms in total. The number of hydrogen-bond donors (Lipinski definition) is 2. The second-order valence-corrected chi connectivity index (χ2v) is 5.48. The SMILES string of the molecule is Nc1cccc(Cl)c1NC(=O)c1cc(Cl)ccc1Br. The van der Waals surface area contributed by atoms with Crippen molar-refractivity contribution < 1.29 is 4.79 Å². The highest BCUT2D eigenvalue weighted by molar-refractivity contribution is 9.10. The van der Waals surface area contributed by atoms with Gasteiger partial charge in [-0.1, -0.05) is 29.3 Å². The summed E-state index contributed by atoms with van der Waals surface area (Å²) < 4.78 is 0.639. The number of nitrogens with two attached hydrogens (primary N) is 1. The number of carbonyl (C=O) groups is 1. The molecule has 19 heavy (non-hydrogen) atoms. The van der Waals surface area contributed by atoms with E-state index in [1.165, 1.54) is 0 Å². The van der Waals surface area contributed by atoms with Crippen LogP contribution in [0.15, 0.2) is 40.9 Å². The molecule has 0 aliphatic heterocycles. The fourth-order valence-corrected chi connectivity index (χ4v) is 2.35. The minimum absolute atomic E-state index is 0.339. The van der Waals surface area contributed by atoms with Crippen LogP contribution in [0.1, 0.15) is 10.4 Å². The highest BCUT2D eigenvalue weighted by Gasteiger charge is 2.14. The molecule has 1 amide bonds. The summed E-state index contributed by atoms with van der Waals surface area (Å²) in [6.45, 7) is 0. The molecule has 6 heteroatoms. The summed E-state index contributed by atoms with van der Waals surface area (Å²) >= 11 is 15.2. The summed E-state index contributed by atoms with van der Waals surface area (Å²) in [5, 5.41) is 3.53. The number of hydrogen-bond acceptors (Lipinski definition) is 2. The molecular weight excluding hydrogens is 351 g/mol.